The van der Waals surface area contributed by atoms with Crippen LogP contribution >= 0.6 is 0 Å². The molecule has 3 heterocycles. The smallest absolute Gasteiger partial charge is 0.417 e. The molecule has 1 aliphatic heterocycles. The van der Waals surface area contributed by atoms with Crippen LogP contribution in [-0.2, 0) is 4.74 Å². The number of pyridine rings is 1. The third-order valence-corrected chi connectivity index (χ3v) is 6.56. The van der Waals surface area contributed by atoms with Gasteiger partial charge in [0.15, 0.2) is 23.0 Å². The molecule has 0 saturated carbocycles. The van der Waals surface area contributed by atoms with Crippen molar-refractivity contribution < 1.29 is 41.0 Å². The molecule has 2 aromatic heterocycles. The second-order valence-corrected chi connectivity index (χ2v) is 8.67. The van der Waals surface area contributed by atoms with Gasteiger partial charge in [-0.1, -0.05) is 13.0 Å². The molecule has 37 heavy (non-hydrogen) atoms. The number of hydrogen-bond donors (Lipinski definition) is 4. The number of rotatable bonds is 5. The molecule has 4 atom stereocenters. The second-order valence-electron chi connectivity index (χ2n) is 8.67. The number of amides is 3. The van der Waals surface area contributed by atoms with Gasteiger partial charge in [-0.25, -0.2) is 19.2 Å². The van der Waals surface area contributed by atoms with Crippen LogP contribution in [0.4, 0.5) is 32.6 Å². The zero-order valence-corrected chi connectivity index (χ0v) is 19.5. The van der Waals surface area contributed by atoms with Gasteiger partial charge in [-0.2, -0.15) is 17.6 Å². The summed E-state index contributed by atoms with van der Waals surface area (Å²) in [5.74, 6) is -7.22. The van der Waals surface area contributed by atoms with E-state index in [0.717, 1.165) is 26.2 Å². The lowest BCUT2D eigenvalue weighted by molar-refractivity contribution is -0.275. The van der Waals surface area contributed by atoms with Crippen molar-refractivity contribution in [3.05, 3.63) is 46.9 Å². The molecular weight excluding hydrogens is 507 g/mol. The van der Waals surface area contributed by atoms with E-state index < -0.39 is 59.0 Å². The molecule has 1 saturated heterocycles. The minimum absolute atomic E-state index is 0.0633. The number of fused-ring (bicyclic) bond motifs is 1. The number of alkyl halides is 3. The van der Waals surface area contributed by atoms with Gasteiger partial charge >= 0.3 is 12.2 Å². The van der Waals surface area contributed by atoms with Crippen molar-refractivity contribution in [2.24, 2.45) is 17.4 Å². The van der Waals surface area contributed by atoms with Gasteiger partial charge in [0.1, 0.15) is 23.1 Å². The van der Waals surface area contributed by atoms with Gasteiger partial charge < -0.3 is 25.9 Å². The summed E-state index contributed by atoms with van der Waals surface area (Å²) in [6, 6.07) is 2.01. The Morgan fingerprint density at radius 3 is 2.46 bits per heavy atom. The molecule has 0 aliphatic carbocycles. The summed E-state index contributed by atoms with van der Waals surface area (Å²) in [4.78, 5) is 34.1. The number of nitrogens with two attached hydrogens (primary N) is 2. The number of nitrogens with zero attached hydrogens (tertiary/aromatic N) is 2. The zero-order chi connectivity index (χ0) is 27.4. The fourth-order valence-electron chi connectivity index (χ4n) is 4.55. The van der Waals surface area contributed by atoms with Crippen molar-refractivity contribution in [3.63, 3.8) is 0 Å². The zero-order valence-electron chi connectivity index (χ0n) is 19.5. The molecule has 0 unspecified atom stereocenters. The standard InChI is InChI=1S/C22H21F5N6O4/c1-7-12(8-4-5-9(23)13(24)15(8)36-3)16(37-21(7,2)22(25,26)27)19-30-10-6-11(17(28)34)31-18(14(10)32-19)33-20(29)35/h4-7,12,16H,1-3H3,(H2,28,34)(H,30,32)(H3,29,31,33,35)/t7-,12-,16+,21+/m0/s1. The first-order valence-corrected chi connectivity index (χ1v) is 10.7. The van der Waals surface area contributed by atoms with E-state index in [-0.39, 0.29) is 33.9 Å². The van der Waals surface area contributed by atoms with Crippen LogP contribution in [0.25, 0.3) is 11.0 Å². The number of methoxy groups -OCH3 is 1. The van der Waals surface area contributed by atoms with Crippen molar-refractivity contribution >= 4 is 28.8 Å². The average molecular weight is 528 g/mol. The van der Waals surface area contributed by atoms with E-state index in [0.29, 0.717) is 0 Å². The Labute approximate surface area is 205 Å². The summed E-state index contributed by atoms with van der Waals surface area (Å²) in [7, 11) is 1.06. The second kappa shape index (κ2) is 8.83. The Morgan fingerprint density at radius 1 is 1.22 bits per heavy atom. The molecule has 0 spiro atoms. The topological polar surface area (TPSA) is 158 Å². The summed E-state index contributed by atoms with van der Waals surface area (Å²) in [6.45, 7) is 2.10. The van der Waals surface area contributed by atoms with Gasteiger partial charge in [0.05, 0.1) is 12.6 Å². The normalized spacial score (nSPS) is 23.8. The first kappa shape index (κ1) is 26.1. The highest BCUT2D eigenvalue weighted by atomic mass is 19.4. The van der Waals surface area contributed by atoms with Crippen LogP contribution < -0.4 is 21.5 Å². The maximum atomic E-state index is 14.6. The van der Waals surface area contributed by atoms with Gasteiger partial charge in [-0.3, -0.25) is 10.1 Å². The van der Waals surface area contributed by atoms with E-state index in [1.165, 1.54) is 13.0 Å². The summed E-state index contributed by atoms with van der Waals surface area (Å²) >= 11 is 0. The molecule has 198 valence electrons. The summed E-state index contributed by atoms with van der Waals surface area (Å²) < 4.78 is 81.7. The first-order valence-electron chi connectivity index (χ1n) is 10.7. The van der Waals surface area contributed by atoms with E-state index in [1.54, 1.807) is 0 Å². The number of hydrogen-bond acceptors (Lipinski definition) is 6. The molecule has 15 heteroatoms. The summed E-state index contributed by atoms with van der Waals surface area (Å²) in [5.41, 5.74) is 7.32. The van der Waals surface area contributed by atoms with Crippen LogP contribution in [-0.4, -0.2) is 45.8 Å². The maximum Gasteiger partial charge on any atom is 0.417 e. The number of primary amides is 2. The number of urea groups is 1. The predicted octanol–water partition coefficient (Wildman–Crippen LogP) is 3.65. The molecule has 0 radical (unpaired) electrons. The Kier molecular flexibility index (Phi) is 6.22. The number of carbonyl (C=O) groups excluding carboxylic acids is 2. The van der Waals surface area contributed by atoms with Crippen LogP contribution in [0.5, 0.6) is 5.75 Å². The van der Waals surface area contributed by atoms with Crippen LogP contribution in [0, 0.1) is 17.6 Å². The van der Waals surface area contributed by atoms with E-state index in [9.17, 15) is 31.5 Å². The largest absolute Gasteiger partial charge is 0.493 e. The molecule has 3 amide bonds. The van der Waals surface area contributed by atoms with Crippen molar-refractivity contribution in [1.82, 2.24) is 15.0 Å². The number of aromatic amines is 1. The third kappa shape index (κ3) is 4.18. The van der Waals surface area contributed by atoms with E-state index in [2.05, 4.69) is 20.3 Å². The lowest BCUT2D eigenvalue weighted by Crippen LogP contribution is -2.46. The molecule has 1 aliphatic rings. The monoisotopic (exact) mass is 528 g/mol. The van der Waals surface area contributed by atoms with Crippen molar-refractivity contribution in [2.75, 3.05) is 12.4 Å². The predicted molar refractivity (Wildman–Crippen MR) is 119 cm³/mol. The molecule has 4 rings (SSSR count). The highest BCUT2D eigenvalue weighted by Crippen LogP contribution is 2.59. The lowest BCUT2D eigenvalue weighted by atomic mass is 9.77. The number of ether oxygens (including phenoxy) is 2. The summed E-state index contributed by atoms with van der Waals surface area (Å²) in [5, 5.41) is 2.18. The fraction of sp³-hybridized carbons (Fsp3) is 0.364. The average Bonchev–Trinajstić information content (AvgIpc) is 3.35. The number of anilines is 1. The van der Waals surface area contributed by atoms with Gasteiger partial charge in [-0.15, -0.1) is 0 Å². The number of nitrogens with one attached hydrogen (secondary N) is 2. The highest BCUT2D eigenvalue weighted by molar-refractivity contribution is 6.01. The van der Waals surface area contributed by atoms with Crippen LogP contribution in [0.1, 0.15) is 47.7 Å². The minimum atomic E-state index is -4.86. The van der Waals surface area contributed by atoms with E-state index in [1.807, 2.05) is 0 Å². The Bertz CT molecular complexity index is 1410. The molecule has 0 bridgehead atoms. The third-order valence-electron chi connectivity index (χ3n) is 6.56. The SMILES string of the molecule is COc1c([C@H]2[C@H](c3nc4c(NC(N)=O)nc(C(N)=O)cc4[nH]3)O[C@@](C)(C(F)(F)F)[C@H]2C)ccc(F)c1F. The molecule has 1 fully saturated rings. The molecular formula is C22H21F5N6O4. The van der Waals surface area contributed by atoms with Crippen molar-refractivity contribution in [2.45, 2.75) is 37.6 Å². The molecule has 3 aromatic rings. The van der Waals surface area contributed by atoms with Crippen molar-refractivity contribution in [3.8, 4) is 5.75 Å². The van der Waals surface area contributed by atoms with Gasteiger partial charge in [0, 0.05) is 17.4 Å². The molecule has 6 N–H and O–H groups in total. The maximum absolute atomic E-state index is 14.6. The lowest BCUT2D eigenvalue weighted by Gasteiger charge is -2.32. The van der Waals surface area contributed by atoms with E-state index >= 15 is 0 Å². The number of H-pyrrole nitrogens is 1. The Morgan fingerprint density at radius 2 is 1.89 bits per heavy atom. The van der Waals surface area contributed by atoms with Crippen LogP contribution in [0.15, 0.2) is 18.2 Å². The quantitative estimate of drug-likeness (QED) is 0.370. The fourth-order valence-corrected chi connectivity index (χ4v) is 4.55. The van der Waals surface area contributed by atoms with Gasteiger partial charge in [-0.05, 0) is 19.1 Å². The molecule has 1 aromatic carbocycles. The van der Waals surface area contributed by atoms with E-state index in [4.69, 9.17) is 20.9 Å². The highest BCUT2D eigenvalue weighted by Gasteiger charge is 2.65. The number of halogens is 5. The number of aromatic nitrogens is 3. The van der Waals surface area contributed by atoms with Crippen molar-refractivity contribution in [1.29, 1.82) is 0 Å². The number of imidazole rings is 1. The van der Waals surface area contributed by atoms with Gasteiger partial charge in [0.25, 0.3) is 5.91 Å². The Hall–Kier alpha value is -4.01. The number of carbonyl (C=O) groups is 2. The van der Waals surface area contributed by atoms with Gasteiger partial charge in [0.2, 0.25) is 5.82 Å². The molecule has 10 nitrogen and oxygen atoms in total. The Balaban J connectivity index is 1.95. The summed E-state index contributed by atoms with van der Waals surface area (Å²) in [6.07, 6.45) is -6.36. The number of benzene rings is 1. The van der Waals surface area contributed by atoms with Crippen LogP contribution in [0.3, 0.4) is 0 Å². The first-order chi connectivity index (χ1) is 17.2. The minimum Gasteiger partial charge on any atom is -0.493 e. The van der Waals surface area contributed by atoms with Crippen LogP contribution in [0.2, 0.25) is 0 Å².